The van der Waals surface area contributed by atoms with Gasteiger partial charge in [-0.25, -0.2) is 4.98 Å². The summed E-state index contributed by atoms with van der Waals surface area (Å²) in [5, 5.41) is 0. The summed E-state index contributed by atoms with van der Waals surface area (Å²) in [6, 6.07) is 7.66. The van der Waals surface area contributed by atoms with E-state index in [4.69, 9.17) is 19.2 Å². The second-order valence-corrected chi connectivity index (χ2v) is 7.80. The van der Waals surface area contributed by atoms with E-state index in [0.29, 0.717) is 25.1 Å². The number of hydrogen-bond acceptors (Lipinski definition) is 7. The summed E-state index contributed by atoms with van der Waals surface area (Å²) >= 11 is 0. The highest BCUT2D eigenvalue weighted by molar-refractivity contribution is 5.46. The Morgan fingerprint density at radius 1 is 1.13 bits per heavy atom. The maximum atomic E-state index is 12.2. The van der Waals surface area contributed by atoms with Crippen molar-refractivity contribution in [2.24, 2.45) is 0 Å². The van der Waals surface area contributed by atoms with Gasteiger partial charge in [-0.2, -0.15) is 0 Å². The van der Waals surface area contributed by atoms with E-state index in [-0.39, 0.29) is 5.56 Å². The van der Waals surface area contributed by atoms with E-state index >= 15 is 0 Å². The third kappa shape index (κ3) is 4.60. The highest BCUT2D eigenvalue weighted by Crippen LogP contribution is 2.33. The number of anilines is 1. The van der Waals surface area contributed by atoms with Crippen LogP contribution in [0.25, 0.3) is 0 Å². The molecule has 2 fully saturated rings. The zero-order chi connectivity index (χ0) is 20.9. The Balaban J connectivity index is 1.41. The SMILES string of the molecule is COc1cccc(CN2CCC(c3cc(=O)[nH]c(N4CCOCC4)n3)CC2)c1OC. The number of morpholine rings is 1. The second kappa shape index (κ2) is 9.49. The summed E-state index contributed by atoms with van der Waals surface area (Å²) in [7, 11) is 3.34. The number of aromatic amines is 1. The molecule has 1 N–H and O–H groups in total. The summed E-state index contributed by atoms with van der Waals surface area (Å²) in [5.74, 6) is 2.53. The Bertz CT molecular complexity index is 902. The molecule has 1 aromatic heterocycles. The van der Waals surface area contributed by atoms with E-state index in [1.54, 1.807) is 20.3 Å². The van der Waals surface area contributed by atoms with Gasteiger partial charge in [0.25, 0.3) is 5.56 Å². The van der Waals surface area contributed by atoms with E-state index in [2.05, 4.69) is 20.9 Å². The average molecular weight is 415 g/mol. The molecule has 0 amide bonds. The molecule has 0 radical (unpaired) electrons. The van der Waals surface area contributed by atoms with Crippen LogP contribution in [0.4, 0.5) is 5.95 Å². The lowest BCUT2D eigenvalue weighted by molar-refractivity contribution is 0.122. The van der Waals surface area contributed by atoms with Crippen LogP contribution in [0, 0.1) is 0 Å². The van der Waals surface area contributed by atoms with Crippen molar-refractivity contribution >= 4 is 5.95 Å². The topological polar surface area (TPSA) is 79.9 Å². The van der Waals surface area contributed by atoms with Gasteiger partial charge >= 0.3 is 0 Å². The lowest BCUT2D eigenvalue weighted by Gasteiger charge is -2.33. The molecule has 2 aliphatic rings. The number of aromatic nitrogens is 2. The predicted molar refractivity (Wildman–Crippen MR) is 115 cm³/mol. The molecule has 2 aromatic rings. The molecule has 0 atom stereocenters. The van der Waals surface area contributed by atoms with E-state index in [1.165, 1.54) is 0 Å². The summed E-state index contributed by atoms with van der Waals surface area (Å²) in [5.41, 5.74) is 1.95. The third-order valence-corrected chi connectivity index (χ3v) is 5.94. The molecule has 2 aliphatic heterocycles. The molecule has 30 heavy (non-hydrogen) atoms. The first-order chi connectivity index (χ1) is 14.7. The van der Waals surface area contributed by atoms with Gasteiger partial charge in [-0.3, -0.25) is 14.7 Å². The normalized spacial score (nSPS) is 18.4. The van der Waals surface area contributed by atoms with Crippen LogP contribution in [0.2, 0.25) is 0 Å². The van der Waals surface area contributed by atoms with Gasteiger partial charge in [0, 0.05) is 37.2 Å². The minimum atomic E-state index is -0.0787. The van der Waals surface area contributed by atoms with Crippen molar-refractivity contribution in [3.05, 3.63) is 45.9 Å². The van der Waals surface area contributed by atoms with Gasteiger partial charge in [0.15, 0.2) is 11.5 Å². The van der Waals surface area contributed by atoms with Crippen molar-refractivity contribution in [2.45, 2.75) is 25.3 Å². The Labute approximate surface area is 176 Å². The molecule has 0 aliphatic carbocycles. The molecule has 4 rings (SSSR count). The molecular formula is C22H30N4O4. The van der Waals surface area contributed by atoms with Crippen LogP contribution >= 0.6 is 0 Å². The smallest absolute Gasteiger partial charge is 0.252 e. The monoisotopic (exact) mass is 414 g/mol. The first-order valence-corrected chi connectivity index (χ1v) is 10.5. The minimum Gasteiger partial charge on any atom is -0.493 e. The number of likely N-dealkylation sites (tertiary alicyclic amines) is 1. The van der Waals surface area contributed by atoms with Crippen molar-refractivity contribution in [1.82, 2.24) is 14.9 Å². The van der Waals surface area contributed by atoms with Gasteiger partial charge < -0.3 is 19.1 Å². The highest BCUT2D eigenvalue weighted by atomic mass is 16.5. The van der Waals surface area contributed by atoms with Crippen LogP contribution in [0.3, 0.4) is 0 Å². The number of rotatable bonds is 6. The van der Waals surface area contributed by atoms with Crippen LogP contribution in [0.1, 0.15) is 30.0 Å². The molecule has 162 valence electrons. The molecule has 3 heterocycles. The molecule has 2 saturated heterocycles. The van der Waals surface area contributed by atoms with Crippen LogP contribution < -0.4 is 19.9 Å². The molecule has 0 bridgehead atoms. The number of piperidine rings is 1. The van der Waals surface area contributed by atoms with Crippen molar-refractivity contribution in [3.63, 3.8) is 0 Å². The third-order valence-electron chi connectivity index (χ3n) is 5.94. The molecule has 0 unspecified atom stereocenters. The number of hydrogen-bond donors (Lipinski definition) is 1. The minimum absolute atomic E-state index is 0.0787. The van der Waals surface area contributed by atoms with Crippen LogP contribution in [-0.4, -0.2) is 68.5 Å². The maximum Gasteiger partial charge on any atom is 0.252 e. The molecular weight excluding hydrogens is 384 g/mol. The number of methoxy groups -OCH3 is 2. The van der Waals surface area contributed by atoms with Crippen molar-refractivity contribution in [3.8, 4) is 11.5 Å². The number of nitrogens with zero attached hydrogens (tertiary/aromatic N) is 3. The van der Waals surface area contributed by atoms with E-state index < -0.39 is 0 Å². The van der Waals surface area contributed by atoms with Gasteiger partial charge in [-0.15, -0.1) is 0 Å². The number of nitrogens with one attached hydrogen (secondary N) is 1. The standard InChI is InChI=1S/C22H30N4O4/c1-28-19-5-3-4-17(21(19)29-2)15-25-8-6-16(7-9-25)18-14-20(27)24-22(23-18)26-10-12-30-13-11-26/h3-5,14,16H,6-13,15H2,1-2H3,(H,23,24,27). The van der Waals surface area contributed by atoms with E-state index in [0.717, 1.165) is 68.3 Å². The zero-order valence-corrected chi connectivity index (χ0v) is 17.7. The van der Waals surface area contributed by atoms with Gasteiger partial charge in [0.2, 0.25) is 5.95 Å². The molecule has 1 aromatic carbocycles. The maximum absolute atomic E-state index is 12.2. The Hall–Kier alpha value is -2.58. The highest BCUT2D eigenvalue weighted by Gasteiger charge is 2.24. The van der Waals surface area contributed by atoms with Gasteiger partial charge in [-0.05, 0) is 32.0 Å². The van der Waals surface area contributed by atoms with Gasteiger partial charge in [-0.1, -0.05) is 12.1 Å². The quantitative estimate of drug-likeness (QED) is 0.774. The lowest BCUT2D eigenvalue weighted by Crippen LogP contribution is -2.39. The number of H-pyrrole nitrogens is 1. The predicted octanol–water partition coefficient (Wildman–Crippen LogP) is 2.00. The number of para-hydroxylation sites is 1. The number of ether oxygens (including phenoxy) is 3. The Morgan fingerprint density at radius 2 is 1.90 bits per heavy atom. The lowest BCUT2D eigenvalue weighted by atomic mass is 9.93. The van der Waals surface area contributed by atoms with Crippen molar-refractivity contribution in [2.75, 3.05) is 58.5 Å². The fourth-order valence-corrected chi connectivity index (χ4v) is 4.30. The molecule has 0 spiro atoms. The summed E-state index contributed by atoms with van der Waals surface area (Å²) in [6.45, 7) is 5.56. The molecule has 0 saturated carbocycles. The van der Waals surface area contributed by atoms with Crippen LogP contribution in [0.5, 0.6) is 11.5 Å². The summed E-state index contributed by atoms with van der Waals surface area (Å²) < 4.78 is 16.4. The second-order valence-electron chi connectivity index (χ2n) is 7.80. The first kappa shape index (κ1) is 20.7. The fourth-order valence-electron chi connectivity index (χ4n) is 4.30. The summed E-state index contributed by atoms with van der Waals surface area (Å²) in [4.78, 5) is 24.4. The van der Waals surface area contributed by atoms with E-state index in [9.17, 15) is 4.79 Å². The number of benzene rings is 1. The van der Waals surface area contributed by atoms with Crippen molar-refractivity contribution < 1.29 is 14.2 Å². The zero-order valence-electron chi connectivity index (χ0n) is 17.7. The van der Waals surface area contributed by atoms with Gasteiger partial charge in [0.1, 0.15) is 0 Å². The first-order valence-electron chi connectivity index (χ1n) is 10.5. The Morgan fingerprint density at radius 3 is 2.60 bits per heavy atom. The van der Waals surface area contributed by atoms with E-state index in [1.807, 2.05) is 12.1 Å². The largest absolute Gasteiger partial charge is 0.493 e. The van der Waals surface area contributed by atoms with Gasteiger partial charge in [0.05, 0.1) is 33.1 Å². The van der Waals surface area contributed by atoms with Crippen molar-refractivity contribution in [1.29, 1.82) is 0 Å². The average Bonchev–Trinajstić information content (AvgIpc) is 2.79. The fraction of sp³-hybridized carbons (Fsp3) is 0.545. The molecule has 8 heteroatoms. The Kier molecular flexibility index (Phi) is 6.54. The van der Waals surface area contributed by atoms with Crippen LogP contribution in [-0.2, 0) is 11.3 Å². The molecule has 8 nitrogen and oxygen atoms in total. The summed E-state index contributed by atoms with van der Waals surface area (Å²) in [6.07, 6.45) is 1.95. The van der Waals surface area contributed by atoms with Crippen LogP contribution in [0.15, 0.2) is 29.1 Å².